The maximum absolute atomic E-state index is 15.0. The number of benzene rings is 2. The van der Waals surface area contributed by atoms with Crippen molar-refractivity contribution in [2.24, 2.45) is 35.5 Å². The Labute approximate surface area is 611 Å². The second-order valence-corrected chi connectivity index (χ2v) is 26.4. The first-order valence-corrected chi connectivity index (χ1v) is 35.8. The molecule has 2 saturated heterocycles. The molecule has 0 radical (unpaired) electrons. The molecule has 32 heteroatoms. The van der Waals surface area contributed by atoms with Crippen molar-refractivity contribution in [2.45, 2.75) is 167 Å². The van der Waals surface area contributed by atoms with Gasteiger partial charge in [0, 0.05) is 58.4 Å². The zero-order chi connectivity index (χ0) is 76.7. The number of likely N-dealkylation sites (tertiary alicyclic amines) is 1. The predicted molar refractivity (Wildman–Crippen MR) is 376 cm³/mol. The van der Waals surface area contributed by atoms with E-state index in [4.69, 9.17) is 72.2 Å². The van der Waals surface area contributed by atoms with Crippen LogP contribution in [0.5, 0.6) is 5.75 Å². The fourth-order valence-electron chi connectivity index (χ4n) is 12.4. The molecule has 5 amide bonds. The largest absolute Gasteiger partial charge is 0.461 e. The lowest BCUT2D eigenvalue weighted by Crippen LogP contribution is -2.59. The topological polar surface area (TPSA) is 399 Å². The predicted octanol–water partition coefficient (Wildman–Crippen LogP) is 2.95. The number of nitrogens with two attached hydrogens (primary N) is 1. The first kappa shape index (κ1) is 90.2. The van der Waals surface area contributed by atoms with Gasteiger partial charge in [0.25, 0.3) is 6.47 Å². The van der Waals surface area contributed by atoms with Gasteiger partial charge in [-0.2, -0.15) is 0 Å². The first-order valence-electron chi connectivity index (χ1n) is 35.8. The number of hydrogen-bond acceptors (Lipinski definition) is 27. The monoisotopic (exact) mass is 1480 g/mol. The first-order chi connectivity index (χ1) is 49.9. The lowest BCUT2D eigenvalue weighted by molar-refractivity contribution is -0.321. The highest BCUT2D eigenvalue weighted by molar-refractivity contribution is 5.93. The van der Waals surface area contributed by atoms with E-state index in [0.29, 0.717) is 117 Å². The van der Waals surface area contributed by atoms with E-state index in [-0.39, 0.29) is 92.3 Å². The molecule has 0 aliphatic carbocycles. The van der Waals surface area contributed by atoms with Gasteiger partial charge in [0.15, 0.2) is 5.78 Å². The Morgan fingerprint density at radius 2 is 1.24 bits per heavy atom. The van der Waals surface area contributed by atoms with Gasteiger partial charge in [-0.3, -0.25) is 33.5 Å². The molecular formula is C72H118N6O26. The zero-order valence-corrected chi connectivity index (χ0v) is 62.7. The third kappa shape index (κ3) is 29.9. The van der Waals surface area contributed by atoms with Crippen molar-refractivity contribution < 1.29 is 125 Å². The molecule has 592 valence electrons. The normalized spacial score (nSPS) is 20.2. The van der Waals surface area contributed by atoms with Crippen LogP contribution in [0.4, 0.5) is 10.5 Å². The molecule has 104 heavy (non-hydrogen) atoms. The van der Waals surface area contributed by atoms with Gasteiger partial charge in [0.1, 0.15) is 37.3 Å². The maximum atomic E-state index is 15.0. The summed E-state index contributed by atoms with van der Waals surface area (Å²) in [6.45, 7) is 19.5. The van der Waals surface area contributed by atoms with Crippen LogP contribution < -0.4 is 21.3 Å². The van der Waals surface area contributed by atoms with Crippen LogP contribution in [-0.4, -0.2) is 292 Å². The lowest BCUT2D eigenvalue weighted by Gasteiger charge is -2.41. The number of carbonyl (C=O) groups excluding carboxylic acids is 7. The SMILES string of the molecule is CC[C@H](C)[C@@H]([C@@H](CC(=O)N1CCC[C@H]1[C@H](OC)[C@@H](C)C(=O)N[C@H](C)[C@@H](O)c1ccccc1)OC)N(C)C(=O)[C@@H](CC(=O)[C@H](C(C)C)N(C)C(=O)OCc1cc(NC(=O)COCCOCCOCCOCCOCCOCCOCCOCCON)ccc1O[C@@H]1OC(OC=O)[C@@H](O)[C@H](O)C1O)C(C)C. The molecule has 0 aromatic heterocycles. The minimum Gasteiger partial charge on any atom is -0.461 e. The number of carbonyl (C=O) groups is 7. The van der Waals surface area contributed by atoms with Crippen LogP contribution in [0.1, 0.15) is 105 Å². The Hall–Kier alpha value is -6.15. The van der Waals surface area contributed by atoms with E-state index >= 15 is 4.79 Å². The molecule has 0 bridgehead atoms. The van der Waals surface area contributed by atoms with Crippen molar-refractivity contribution in [1.82, 2.24) is 20.0 Å². The Bertz CT molecular complexity index is 2800. The molecule has 2 unspecified atom stereocenters. The van der Waals surface area contributed by atoms with Crippen LogP contribution in [0, 0.1) is 29.6 Å². The average molecular weight is 1480 g/mol. The minimum absolute atomic E-state index is 0.0234. The minimum atomic E-state index is -1.90. The van der Waals surface area contributed by atoms with Gasteiger partial charge in [-0.05, 0) is 61.3 Å². The number of hydrogen-bond donors (Lipinski definition) is 7. The van der Waals surface area contributed by atoms with E-state index in [0.717, 1.165) is 4.90 Å². The van der Waals surface area contributed by atoms with E-state index in [2.05, 4.69) is 15.5 Å². The van der Waals surface area contributed by atoms with E-state index in [1.165, 1.54) is 39.5 Å². The number of amides is 5. The molecule has 2 aromatic rings. The van der Waals surface area contributed by atoms with Crippen LogP contribution in [0.25, 0.3) is 0 Å². The van der Waals surface area contributed by atoms with Crippen LogP contribution in [0.3, 0.4) is 0 Å². The zero-order valence-electron chi connectivity index (χ0n) is 62.7. The van der Waals surface area contributed by atoms with Crippen molar-refractivity contribution in [3.05, 3.63) is 59.7 Å². The summed E-state index contributed by atoms with van der Waals surface area (Å²) in [5.41, 5.74) is 0.907. The average Bonchev–Trinajstić information content (AvgIpc) is 1.01. The Balaban J connectivity index is 1.34. The summed E-state index contributed by atoms with van der Waals surface area (Å²) >= 11 is 0. The summed E-state index contributed by atoms with van der Waals surface area (Å²) in [6, 6.07) is 10.3. The highest BCUT2D eigenvalue weighted by atomic mass is 16.8. The van der Waals surface area contributed by atoms with Crippen LogP contribution in [0.2, 0.25) is 0 Å². The van der Waals surface area contributed by atoms with Gasteiger partial charge in [-0.15, -0.1) is 0 Å². The standard InChI is InChI=1S/C72H118N6O26/c1-13-48(6)62(58(90-11)42-60(82)78-23-17-20-55(78)67(91-12)49(7)68(87)74-50(8)63(83)51-18-15-14-16-19-51)76(9)69(88)54(46(2)3)41-56(80)61(47(4)5)77(10)72(89)100-43-52-40-53(21-22-57(52)103-71-66(86)64(84)65(85)70(104-71)101-45-79)75-59(81)44-99-37-36-97-33-32-95-29-28-93-25-24-92-26-27-94-30-31-96-34-35-98-38-39-102-73/h14-16,18-19,21-22,40,45-50,54-55,58,61-67,70-71,83-86H,13,17,20,23-39,41-44,73H2,1-12H3,(H,74,87)(H,75,81)/t48-,49+,50+,54-,55-,58+,61-,62-,63+,64-,65-,66?,67+,70?,71+/m0/s1. The number of anilines is 1. The number of nitrogens with one attached hydrogen (secondary N) is 2. The number of aliphatic hydroxyl groups excluding tert-OH is 4. The summed E-state index contributed by atoms with van der Waals surface area (Å²) in [7, 11) is 6.02. The fourth-order valence-corrected chi connectivity index (χ4v) is 12.4. The molecule has 0 spiro atoms. The molecule has 8 N–H and O–H groups in total. The molecule has 2 aromatic carbocycles. The number of likely N-dealkylation sites (N-methyl/N-ethyl adjacent to an activating group) is 2. The molecule has 2 aliphatic heterocycles. The number of Topliss-reactive ketones (excluding diaryl/α,β-unsaturated/α-hetero) is 1. The summed E-state index contributed by atoms with van der Waals surface area (Å²) in [5, 5.41) is 48.5. The van der Waals surface area contributed by atoms with Crippen LogP contribution >= 0.6 is 0 Å². The maximum Gasteiger partial charge on any atom is 0.410 e. The van der Waals surface area contributed by atoms with E-state index in [9.17, 15) is 49.2 Å². The molecule has 15 atom stereocenters. The molecule has 2 fully saturated rings. The smallest absolute Gasteiger partial charge is 0.410 e. The second-order valence-electron chi connectivity index (χ2n) is 26.4. The van der Waals surface area contributed by atoms with Crippen molar-refractivity contribution in [3.63, 3.8) is 0 Å². The molecule has 2 heterocycles. The highest BCUT2D eigenvalue weighted by Gasteiger charge is 2.48. The van der Waals surface area contributed by atoms with Gasteiger partial charge in [-0.1, -0.05) is 85.2 Å². The van der Waals surface area contributed by atoms with Gasteiger partial charge < -0.3 is 112 Å². The highest BCUT2D eigenvalue weighted by Crippen LogP contribution is 2.34. The molecule has 2 aliphatic rings. The number of ketones is 1. The molecule has 0 saturated carbocycles. The Morgan fingerprint density at radius 1 is 0.692 bits per heavy atom. The summed E-state index contributed by atoms with van der Waals surface area (Å²) in [6.07, 6.45) is -11.1. The number of nitrogens with zero attached hydrogens (tertiary/aromatic N) is 3. The van der Waals surface area contributed by atoms with Gasteiger partial charge in [0.05, 0.1) is 161 Å². The third-order valence-corrected chi connectivity index (χ3v) is 18.3. The second kappa shape index (κ2) is 49.7. The summed E-state index contributed by atoms with van der Waals surface area (Å²) < 4.78 is 77.9. The van der Waals surface area contributed by atoms with E-state index < -0.39 is 116 Å². The summed E-state index contributed by atoms with van der Waals surface area (Å²) in [4.78, 5) is 106. The Morgan fingerprint density at radius 3 is 1.75 bits per heavy atom. The van der Waals surface area contributed by atoms with Crippen molar-refractivity contribution in [2.75, 3.05) is 152 Å². The van der Waals surface area contributed by atoms with Crippen molar-refractivity contribution in [1.29, 1.82) is 0 Å². The third-order valence-electron chi connectivity index (χ3n) is 18.3. The van der Waals surface area contributed by atoms with Gasteiger partial charge >= 0.3 is 6.09 Å². The van der Waals surface area contributed by atoms with E-state index in [1.807, 2.05) is 45.9 Å². The molecule has 32 nitrogen and oxygen atoms in total. The molecule has 4 rings (SSSR count). The summed E-state index contributed by atoms with van der Waals surface area (Å²) in [5.74, 6) is 0.180. The molecular weight excluding hydrogens is 1360 g/mol. The Kier molecular flexibility index (Phi) is 43.1. The number of ether oxygens (including phenoxy) is 14. The van der Waals surface area contributed by atoms with E-state index in [1.54, 1.807) is 56.7 Å². The lowest BCUT2D eigenvalue weighted by atomic mass is 9.83. The number of aliphatic hydroxyl groups is 4. The van der Waals surface area contributed by atoms with Gasteiger partial charge in [0.2, 0.25) is 36.2 Å². The number of methoxy groups -OCH3 is 2. The quantitative estimate of drug-likeness (QED) is 0.0284. The van der Waals surface area contributed by atoms with Crippen LogP contribution in [-0.2, 0) is 102 Å². The van der Waals surface area contributed by atoms with Crippen molar-refractivity contribution >= 4 is 47.7 Å². The fraction of sp³-hybridized carbons (Fsp3) is 0.736. The van der Waals surface area contributed by atoms with Crippen LogP contribution in [0.15, 0.2) is 48.5 Å². The van der Waals surface area contributed by atoms with Crippen molar-refractivity contribution in [3.8, 4) is 5.75 Å². The van der Waals surface area contributed by atoms with Gasteiger partial charge in [-0.25, -0.2) is 10.7 Å². The number of rotatable bonds is 54.